The lowest BCUT2D eigenvalue weighted by Crippen LogP contribution is -2.39. The molecule has 1 aromatic carbocycles. The standard InChI is InChI=1S/C17H28N2/c1-14(2)19(12-16-8-10-18-11-9-16)13-17-7-5-4-6-15(17)3/h4-7,14,16,18H,8-13H2,1-3H3. The van der Waals surface area contributed by atoms with Crippen molar-refractivity contribution in [1.29, 1.82) is 0 Å². The number of aryl methyl sites for hydroxylation is 1. The predicted molar refractivity (Wildman–Crippen MR) is 82.3 cm³/mol. The fourth-order valence-electron chi connectivity index (χ4n) is 2.86. The Morgan fingerprint density at radius 1 is 1.21 bits per heavy atom. The van der Waals surface area contributed by atoms with Gasteiger partial charge in [-0.25, -0.2) is 0 Å². The molecule has 2 rings (SSSR count). The molecule has 19 heavy (non-hydrogen) atoms. The molecule has 1 saturated heterocycles. The van der Waals surface area contributed by atoms with Crippen molar-refractivity contribution >= 4 is 0 Å². The number of nitrogens with one attached hydrogen (secondary N) is 1. The van der Waals surface area contributed by atoms with Crippen LogP contribution in [0.2, 0.25) is 0 Å². The number of hydrogen-bond acceptors (Lipinski definition) is 2. The topological polar surface area (TPSA) is 15.3 Å². The molecule has 2 heteroatoms. The zero-order valence-corrected chi connectivity index (χ0v) is 12.7. The summed E-state index contributed by atoms with van der Waals surface area (Å²) in [5, 5.41) is 3.46. The predicted octanol–water partition coefficient (Wildman–Crippen LogP) is 3.21. The van der Waals surface area contributed by atoms with Gasteiger partial charge >= 0.3 is 0 Å². The Morgan fingerprint density at radius 2 is 1.89 bits per heavy atom. The van der Waals surface area contributed by atoms with Crippen LogP contribution >= 0.6 is 0 Å². The molecule has 0 bridgehead atoms. The van der Waals surface area contributed by atoms with Gasteiger partial charge in [0.15, 0.2) is 0 Å². The lowest BCUT2D eigenvalue weighted by atomic mass is 9.96. The van der Waals surface area contributed by atoms with E-state index in [1.165, 1.54) is 43.6 Å². The molecule has 1 aliphatic rings. The van der Waals surface area contributed by atoms with E-state index >= 15 is 0 Å². The van der Waals surface area contributed by atoms with Crippen LogP contribution in [0.15, 0.2) is 24.3 Å². The minimum atomic E-state index is 0.620. The summed E-state index contributed by atoms with van der Waals surface area (Å²) in [6.45, 7) is 11.6. The number of hydrogen-bond donors (Lipinski definition) is 1. The maximum absolute atomic E-state index is 3.46. The summed E-state index contributed by atoms with van der Waals surface area (Å²) in [5.41, 5.74) is 2.89. The molecule has 1 aliphatic heterocycles. The Bertz CT molecular complexity index is 381. The van der Waals surface area contributed by atoms with E-state index in [4.69, 9.17) is 0 Å². The normalized spacial score (nSPS) is 17.3. The van der Waals surface area contributed by atoms with E-state index in [1.54, 1.807) is 0 Å². The molecule has 2 nitrogen and oxygen atoms in total. The van der Waals surface area contributed by atoms with Crippen molar-refractivity contribution in [3.63, 3.8) is 0 Å². The summed E-state index contributed by atoms with van der Waals surface area (Å²) in [4.78, 5) is 2.64. The molecule has 0 radical (unpaired) electrons. The van der Waals surface area contributed by atoms with Crippen LogP contribution in [0.3, 0.4) is 0 Å². The van der Waals surface area contributed by atoms with Gasteiger partial charge in [-0.1, -0.05) is 24.3 Å². The zero-order valence-electron chi connectivity index (χ0n) is 12.7. The summed E-state index contributed by atoms with van der Waals surface area (Å²) < 4.78 is 0. The van der Waals surface area contributed by atoms with Crippen LogP contribution < -0.4 is 5.32 Å². The second-order valence-electron chi connectivity index (χ2n) is 6.14. The highest BCUT2D eigenvalue weighted by molar-refractivity contribution is 5.25. The first-order chi connectivity index (χ1) is 9.16. The van der Waals surface area contributed by atoms with Gasteiger partial charge in [-0.05, 0) is 63.7 Å². The summed E-state index contributed by atoms with van der Waals surface area (Å²) in [6, 6.07) is 9.40. The molecule has 0 saturated carbocycles. The van der Waals surface area contributed by atoms with Gasteiger partial charge in [0.05, 0.1) is 0 Å². The Hall–Kier alpha value is -0.860. The highest BCUT2D eigenvalue weighted by Gasteiger charge is 2.19. The molecule has 0 aliphatic carbocycles. The molecule has 0 aromatic heterocycles. The third-order valence-corrected chi connectivity index (χ3v) is 4.32. The first-order valence-electron chi connectivity index (χ1n) is 7.66. The molecule has 1 fully saturated rings. The van der Waals surface area contributed by atoms with Gasteiger partial charge in [0, 0.05) is 19.1 Å². The SMILES string of the molecule is Cc1ccccc1CN(CC1CCNCC1)C(C)C. The van der Waals surface area contributed by atoms with Gasteiger partial charge in [-0.3, -0.25) is 4.90 Å². The minimum absolute atomic E-state index is 0.620. The van der Waals surface area contributed by atoms with Crippen LogP contribution in [0, 0.1) is 12.8 Å². The first kappa shape index (κ1) is 14.5. The maximum Gasteiger partial charge on any atom is 0.0239 e. The maximum atomic E-state index is 3.46. The van der Waals surface area contributed by atoms with Crippen LogP contribution in [0.5, 0.6) is 0 Å². The van der Waals surface area contributed by atoms with E-state index < -0.39 is 0 Å². The van der Waals surface area contributed by atoms with Gasteiger partial charge in [0.2, 0.25) is 0 Å². The van der Waals surface area contributed by atoms with Crippen LogP contribution in [0.25, 0.3) is 0 Å². The second kappa shape index (κ2) is 7.06. The van der Waals surface area contributed by atoms with Crippen LogP contribution in [-0.2, 0) is 6.54 Å². The van der Waals surface area contributed by atoms with E-state index in [9.17, 15) is 0 Å². The Labute approximate surface area is 118 Å². The molecule has 106 valence electrons. The highest BCUT2D eigenvalue weighted by atomic mass is 15.1. The molecule has 1 aromatic rings. The molecule has 0 amide bonds. The molecule has 0 unspecified atom stereocenters. The van der Waals surface area contributed by atoms with E-state index in [1.807, 2.05) is 0 Å². The van der Waals surface area contributed by atoms with Gasteiger partial charge in [0.1, 0.15) is 0 Å². The number of rotatable bonds is 5. The van der Waals surface area contributed by atoms with Crippen molar-refractivity contribution in [3.05, 3.63) is 35.4 Å². The van der Waals surface area contributed by atoms with Crippen molar-refractivity contribution in [2.24, 2.45) is 5.92 Å². The Morgan fingerprint density at radius 3 is 2.53 bits per heavy atom. The fourth-order valence-corrected chi connectivity index (χ4v) is 2.86. The van der Waals surface area contributed by atoms with E-state index in [-0.39, 0.29) is 0 Å². The summed E-state index contributed by atoms with van der Waals surface area (Å²) in [7, 11) is 0. The zero-order chi connectivity index (χ0) is 13.7. The van der Waals surface area contributed by atoms with Crippen molar-refractivity contribution < 1.29 is 0 Å². The van der Waals surface area contributed by atoms with Crippen molar-refractivity contribution in [1.82, 2.24) is 10.2 Å². The van der Waals surface area contributed by atoms with Gasteiger partial charge in [-0.15, -0.1) is 0 Å². The Balaban J connectivity index is 1.97. The second-order valence-corrected chi connectivity index (χ2v) is 6.14. The molecule has 0 atom stereocenters. The quantitative estimate of drug-likeness (QED) is 0.874. The third kappa shape index (κ3) is 4.32. The average molecular weight is 260 g/mol. The summed E-state index contributed by atoms with van der Waals surface area (Å²) in [5.74, 6) is 0.868. The largest absolute Gasteiger partial charge is 0.317 e. The van der Waals surface area contributed by atoms with Gasteiger partial charge < -0.3 is 5.32 Å². The lowest BCUT2D eigenvalue weighted by molar-refractivity contribution is 0.161. The average Bonchev–Trinajstić information content (AvgIpc) is 2.41. The first-order valence-corrected chi connectivity index (χ1v) is 7.66. The van der Waals surface area contributed by atoms with Crippen LogP contribution in [0.4, 0.5) is 0 Å². The van der Waals surface area contributed by atoms with E-state index in [0.717, 1.165) is 12.5 Å². The smallest absolute Gasteiger partial charge is 0.0239 e. The monoisotopic (exact) mass is 260 g/mol. The molecule has 0 spiro atoms. The lowest BCUT2D eigenvalue weighted by Gasteiger charge is -2.33. The van der Waals surface area contributed by atoms with E-state index in [0.29, 0.717) is 6.04 Å². The number of benzene rings is 1. The Kier molecular flexibility index (Phi) is 5.41. The van der Waals surface area contributed by atoms with Gasteiger partial charge in [0.25, 0.3) is 0 Å². The molecule has 1 heterocycles. The highest BCUT2D eigenvalue weighted by Crippen LogP contribution is 2.18. The fraction of sp³-hybridized carbons (Fsp3) is 0.647. The number of nitrogens with zero attached hydrogens (tertiary/aromatic N) is 1. The van der Waals surface area contributed by atoms with Crippen molar-refractivity contribution in [2.45, 2.75) is 46.2 Å². The van der Waals surface area contributed by atoms with Gasteiger partial charge in [-0.2, -0.15) is 0 Å². The van der Waals surface area contributed by atoms with Crippen molar-refractivity contribution in [3.8, 4) is 0 Å². The van der Waals surface area contributed by atoms with Crippen LogP contribution in [0.1, 0.15) is 37.8 Å². The number of piperidine rings is 1. The molecular formula is C17H28N2. The molecule has 1 N–H and O–H groups in total. The molecular weight excluding hydrogens is 232 g/mol. The summed E-state index contributed by atoms with van der Waals surface area (Å²) in [6.07, 6.45) is 2.66. The summed E-state index contributed by atoms with van der Waals surface area (Å²) >= 11 is 0. The third-order valence-electron chi connectivity index (χ3n) is 4.32. The van der Waals surface area contributed by atoms with E-state index in [2.05, 4.69) is 55.3 Å². The van der Waals surface area contributed by atoms with Crippen LogP contribution in [-0.4, -0.2) is 30.6 Å². The minimum Gasteiger partial charge on any atom is -0.317 e. The van der Waals surface area contributed by atoms with Crippen molar-refractivity contribution in [2.75, 3.05) is 19.6 Å².